The molecule has 0 saturated carbocycles. The van der Waals surface area contributed by atoms with Crippen molar-refractivity contribution in [1.29, 1.82) is 0 Å². The molecule has 0 aliphatic heterocycles. The molecule has 0 heterocycles. The van der Waals surface area contributed by atoms with Crippen molar-refractivity contribution in [3.05, 3.63) is 60.2 Å². The normalized spacial score (nSPS) is 13.5. The summed E-state index contributed by atoms with van der Waals surface area (Å²) in [6.45, 7) is 1.06. The first-order chi connectivity index (χ1) is 11.1. The van der Waals surface area contributed by atoms with Gasteiger partial charge in [0.05, 0.1) is 6.61 Å². The summed E-state index contributed by atoms with van der Waals surface area (Å²) in [5.74, 6) is 0.552. The van der Waals surface area contributed by atoms with Gasteiger partial charge in [0.15, 0.2) is 0 Å². The lowest BCUT2D eigenvalue weighted by Crippen LogP contribution is -1.95. The minimum absolute atomic E-state index is 0.339. The molecule has 0 aliphatic rings. The molecule has 0 radical (unpaired) electrons. The minimum atomic E-state index is -3.28. The molecule has 2 aromatic carbocycles. The Morgan fingerprint density at radius 1 is 1.00 bits per heavy atom. The predicted octanol–water partition coefficient (Wildman–Crippen LogP) is 6.34. The van der Waals surface area contributed by atoms with Crippen LogP contribution in [0.3, 0.4) is 0 Å². The van der Waals surface area contributed by atoms with Crippen molar-refractivity contribution in [2.24, 2.45) is 0 Å². The zero-order valence-electron chi connectivity index (χ0n) is 13.6. The van der Waals surface area contributed by atoms with E-state index in [1.165, 1.54) is 18.4 Å². The second-order valence-electron chi connectivity index (χ2n) is 5.11. The van der Waals surface area contributed by atoms with Crippen molar-refractivity contribution >= 4 is 18.2 Å². The third kappa shape index (κ3) is 6.06. The molecule has 1 atom stereocenters. The second-order valence-corrected chi connectivity index (χ2v) is 8.99. The summed E-state index contributed by atoms with van der Waals surface area (Å²) >= 11 is 1.15. The molecule has 0 aromatic heterocycles. The Balaban J connectivity index is 2.07. The molecule has 5 heteroatoms. The maximum atomic E-state index is 12.9. The van der Waals surface area contributed by atoms with E-state index in [-0.39, 0.29) is 0 Å². The van der Waals surface area contributed by atoms with Crippen LogP contribution >= 0.6 is 18.2 Å². The molecule has 0 aliphatic carbocycles. The van der Waals surface area contributed by atoms with Crippen molar-refractivity contribution in [3.63, 3.8) is 0 Å². The Labute approximate surface area is 142 Å². The Bertz CT molecular complexity index is 628. The van der Waals surface area contributed by atoms with Crippen LogP contribution in [0, 0.1) is 0 Å². The highest BCUT2D eigenvalue weighted by Crippen LogP contribution is 2.62. The Morgan fingerprint density at radius 3 is 2.30 bits per heavy atom. The van der Waals surface area contributed by atoms with Gasteiger partial charge in [-0.05, 0) is 49.6 Å². The van der Waals surface area contributed by atoms with E-state index >= 15 is 0 Å². The summed E-state index contributed by atoms with van der Waals surface area (Å²) in [7, 11) is 0. The lowest BCUT2D eigenvalue weighted by atomic mass is 10.1. The van der Waals surface area contributed by atoms with E-state index in [4.69, 9.17) is 9.05 Å². The average Bonchev–Trinajstić information content (AvgIpc) is 2.55. The monoisotopic (exact) mass is 350 g/mol. The Hall–Kier alpha value is -1.22. The maximum Gasteiger partial charge on any atom is 0.444 e. The first kappa shape index (κ1) is 18.1. The zero-order valence-corrected chi connectivity index (χ0v) is 15.3. The van der Waals surface area contributed by atoms with Gasteiger partial charge in [0.25, 0.3) is 0 Å². The second kappa shape index (κ2) is 9.17. The topological polar surface area (TPSA) is 35.5 Å². The molecule has 0 spiro atoms. The van der Waals surface area contributed by atoms with Gasteiger partial charge in [-0.25, -0.2) is 4.57 Å². The summed E-state index contributed by atoms with van der Waals surface area (Å²) in [4.78, 5) is 0.887. The number of rotatable bonds is 9. The lowest BCUT2D eigenvalue weighted by molar-refractivity contribution is 0.296. The summed E-state index contributed by atoms with van der Waals surface area (Å²) in [5, 5.41) is 0. The van der Waals surface area contributed by atoms with Crippen molar-refractivity contribution in [2.75, 3.05) is 6.61 Å². The Kier molecular flexibility index (Phi) is 7.22. The van der Waals surface area contributed by atoms with Crippen LogP contribution in [0.4, 0.5) is 0 Å². The van der Waals surface area contributed by atoms with Crippen molar-refractivity contribution in [1.82, 2.24) is 0 Å². The van der Waals surface area contributed by atoms with E-state index in [1.807, 2.05) is 37.3 Å². The summed E-state index contributed by atoms with van der Waals surface area (Å²) < 4.78 is 24.0. The predicted molar refractivity (Wildman–Crippen MR) is 97.2 cm³/mol. The van der Waals surface area contributed by atoms with Gasteiger partial charge >= 0.3 is 6.80 Å². The fourth-order valence-corrected chi connectivity index (χ4v) is 5.41. The molecule has 124 valence electrons. The molecule has 2 aromatic rings. The van der Waals surface area contributed by atoms with Crippen molar-refractivity contribution in [2.45, 2.75) is 38.0 Å². The lowest BCUT2D eigenvalue weighted by Gasteiger charge is -2.17. The van der Waals surface area contributed by atoms with Gasteiger partial charge in [-0.15, -0.1) is 0 Å². The number of para-hydroxylation sites is 1. The SMILES string of the molecule is CCCCc1ccc(SP(=O)(OCC)Oc2ccccc2)cc1. The van der Waals surface area contributed by atoms with Crippen LogP contribution in [0.5, 0.6) is 5.75 Å². The maximum absolute atomic E-state index is 12.9. The van der Waals surface area contributed by atoms with Gasteiger partial charge in [0.2, 0.25) is 0 Å². The molecule has 0 saturated heterocycles. The van der Waals surface area contributed by atoms with Crippen molar-refractivity contribution in [3.8, 4) is 5.75 Å². The zero-order chi connectivity index (χ0) is 16.5. The Morgan fingerprint density at radius 2 is 1.70 bits per heavy atom. The van der Waals surface area contributed by atoms with Crippen LogP contribution in [0.25, 0.3) is 0 Å². The van der Waals surface area contributed by atoms with Crippen LogP contribution in [0.1, 0.15) is 32.3 Å². The smallest absolute Gasteiger partial charge is 0.417 e. The molecule has 3 nitrogen and oxygen atoms in total. The number of aryl methyl sites for hydroxylation is 1. The number of hydrogen-bond donors (Lipinski definition) is 0. The van der Waals surface area contributed by atoms with E-state index in [2.05, 4.69) is 19.1 Å². The fraction of sp³-hybridized carbons (Fsp3) is 0.333. The average molecular weight is 350 g/mol. The molecule has 0 fully saturated rings. The highest BCUT2D eigenvalue weighted by atomic mass is 32.7. The molecule has 2 rings (SSSR count). The van der Waals surface area contributed by atoms with Gasteiger partial charge in [-0.1, -0.05) is 43.7 Å². The summed E-state index contributed by atoms with van der Waals surface area (Å²) in [6.07, 6.45) is 3.44. The molecule has 0 bridgehead atoms. The van der Waals surface area contributed by atoms with E-state index in [0.29, 0.717) is 12.4 Å². The highest BCUT2D eigenvalue weighted by Gasteiger charge is 2.28. The van der Waals surface area contributed by atoms with E-state index in [0.717, 1.165) is 22.7 Å². The third-order valence-electron chi connectivity index (χ3n) is 3.21. The van der Waals surface area contributed by atoms with E-state index in [1.54, 1.807) is 12.1 Å². The van der Waals surface area contributed by atoms with Gasteiger partial charge < -0.3 is 4.52 Å². The number of unbranched alkanes of at least 4 members (excludes halogenated alkanes) is 1. The summed E-state index contributed by atoms with van der Waals surface area (Å²) in [5.41, 5.74) is 1.30. The van der Waals surface area contributed by atoms with Crippen LogP contribution < -0.4 is 4.52 Å². The molecular formula is C18H23O3PS. The number of benzene rings is 2. The minimum Gasteiger partial charge on any atom is -0.417 e. The number of hydrogen-bond acceptors (Lipinski definition) is 4. The van der Waals surface area contributed by atoms with Crippen LogP contribution in [0.15, 0.2) is 59.5 Å². The third-order valence-corrected chi connectivity index (χ3v) is 6.77. The van der Waals surface area contributed by atoms with Gasteiger partial charge in [-0.2, -0.15) is 0 Å². The van der Waals surface area contributed by atoms with Crippen LogP contribution in [0.2, 0.25) is 0 Å². The molecule has 23 heavy (non-hydrogen) atoms. The van der Waals surface area contributed by atoms with Gasteiger partial charge in [-0.3, -0.25) is 4.52 Å². The molecular weight excluding hydrogens is 327 g/mol. The van der Waals surface area contributed by atoms with Crippen LogP contribution in [-0.2, 0) is 15.5 Å². The largest absolute Gasteiger partial charge is 0.444 e. The van der Waals surface area contributed by atoms with Gasteiger partial charge in [0, 0.05) is 16.3 Å². The first-order valence-corrected chi connectivity index (χ1v) is 10.9. The summed E-state index contributed by atoms with van der Waals surface area (Å²) in [6, 6.07) is 17.3. The van der Waals surface area contributed by atoms with E-state index in [9.17, 15) is 4.57 Å². The molecule has 0 N–H and O–H groups in total. The standard InChI is InChI=1S/C18H23O3PS/c1-3-5-9-16-12-14-18(15-13-16)23-22(19,20-4-2)21-17-10-7-6-8-11-17/h6-8,10-15H,3-5,9H2,1-2H3. The molecule has 1 unspecified atom stereocenters. The van der Waals surface area contributed by atoms with Crippen molar-refractivity contribution < 1.29 is 13.6 Å². The van der Waals surface area contributed by atoms with Crippen LogP contribution in [-0.4, -0.2) is 6.61 Å². The highest BCUT2D eigenvalue weighted by molar-refractivity contribution is 8.55. The quantitative estimate of drug-likeness (QED) is 0.494. The van der Waals surface area contributed by atoms with Gasteiger partial charge in [0.1, 0.15) is 5.75 Å². The van der Waals surface area contributed by atoms with E-state index < -0.39 is 6.80 Å². The molecule has 0 amide bonds. The first-order valence-electron chi connectivity index (χ1n) is 7.93. The fourth-order valence-electron chi connectivity index (χ4n) is 2.07.